The van der Waals surface area contributed by atoms with E-state index in [-0.39, 0.29) is 0 Å². The molecule has 2 aromatic heterocycles. The van der Waals surface area contributed by atoms with Crippen molar-refractivity contribution in [1.82, 2.24) is 15.2 Å². The monoisotopic (exact) mass is 437 g/mol. The molecule has 0 aliphatic heterocycles. The number of thiazole rings is 1. The van der Waals surface area contributed by atoms with E-state index in [1.165, 1.54) is 16.7 Å². The van der Waals surface area contributed by atoms with Crippen molar-refractivity contribution in [3.8, 4) is 22.8 Å². The Morgan fingerprint density at radius 2 is 1.73 bits per heavy atom. The molecule has 0 atom stereocenters. The van der Waals surface area contributed by atoms with Gasteiger partial charge in [-0.25, -0.2) is 4.98 Å². The van der Waals surface area contributed by atoms with Gasteiger partial charge in [-0.3, -0.25) is 0 Å². The third-order valence-corrected chi connectivity index (χ3v) is 6.90. The van der Waals surface area contributed by atoms with Gasteiger partial charge in [-0.2, -0.15) is 0 Å². The molecule has 7 heteroatoms. The first kappa shape index (κ1) is 20.6. The average Bonchev–Trinajstić information content (AvgIpc) is 3.15. The molecular weight excluding hydrogens is 414 g/mol. The molecule has 4 aromatic rings. The molecule has 0 saturated heterocycles. The topological polar surface area (TPSA) is 57.1 Å². The Kier molecular flexibility index (Phi) is 5.92. The summed E-state index contributed by atoms with van der Waals surface area (Å²) in [6, 6.07) is 12.3. The third-order valence-electron chi connectivity index (χ3n) is 4.92. The van der Waals surface area contributed by atoms with Crippen molar-refractivity contribution in [2.45, 2.75) is 31.6 Å². The Morgan fingerprint density at radius 1 is 0.933 bits per heavy atom. The number of rotatable bonds is 6. The highest BCUT2D eigenvalue weighted by Crippen LogP contribution is 2.39. The molecule has 154 valence electrons. The van der Waals surface area contributed by atoms with Gasteiger partial charge in [0.2, 0.25) is 0 Å². The first-order chi connectivity index (χ1) is 14.5. The molecule has 2 heterocycles. The molecule has 0 unspecified atom stereocenters. The summed E-state index contributed by atoms with van der Waals surface area (Å²) in [5.41, 5.74) is 6.51. The molecule has 0 aliphatic carbocycles. The lowest BCUT2D eigenvalue weighted by Gasteiger charge is -2.10. The fourth-order valence-corrected chi connectivity index (χ4v) is 5.27. The van der Waals surface area contributed by atoms with Gasteiger partial charge < -0.3 is 9.47 Å². The summed E-state index contributed by atoms with van der Waals surface area (Å²) in [6.45, 7) is 6.28. The highest BCUT2D eigenvalue weighted by molar-refractivity contribution is 7.98. The van der Waals surface area contributed by atoms with E-state index in [4.69, 9.17) is 14.5 Å². The largest absolute Gasteiger partial charge is 0.493 e. The van der Waals surface area contributed by atoms with Gasteiger partial charge in [0, 0.05) is 11.3 Å². The standard InChI is InChI=1S/C23H23N3O2S2/c1-13-6-7-14(2)17(10-13)12-29-23-21-22(30-15(3)24-21)20(25-26-23)16-8-9-18(27-4)19(11-16)28-5/h6-11H,12H2,1-5H3. The highest BCUT2D eigenvalue weighted by atomic mass is 32.2. The van der Waals surface area contributed by atoms with Crippen molar-refractivity contribution in [2.75, 3.05) is 14.2 Å². The van der Waals surface area contributed by atoms with Crippen LogP contribution in [0.5, 0.6) is 11.5 Å². The van der Waals surface area contributed by atoms with Gasteiger partial charge in [-0.1, -0.05) is 35.5 Å². The number of thioether (sulfide) groups is 1. The van der Waals surface area contributed by atoms with Crippen LogP contribution in [-0.2, 0) is 5.75 Å². The number of aromatic nitrogens is 3. The maximum atomic E-state index is 5.46. The third kappa shape index (κ3) is 4.00. The van der Waals surface area contributed by atoms with E-state index >= 15 is 0 Å². The predicted octanol–water partition coefficient (Wildman–Crippen LogP) is 5.99. The summed E-state index contributed by atoms with van der Waals surface area (Å²) >= 11 is 3.32. The molecule has 0 bridgehead atoms. The second kappa shape index (κ2) is 8.62. The molecular formula is C23H23N3O2S2. The predicted molar refractivity (Wildman–Crippen MR) is 124 cm³/mol. The van der Waals surface area contributed by atoms with E-state index in [1.807, 2.05) is 25.1 Å². The number of nitrogens with zero attached hydrogens (tertiary/aromatic N) is 3. The number of methoxy groups -OCH3 is 2. The quantitative estimate of drug-likeness (QED) is 0.345. The van der Waals surface area contributed by atoms with Gasteiger partial charge in [0.25, 0.3) is 0 Å². The minimum absolute atomic E-state index is 0.666. The van der Waals surface area contributed by atoms with Gasteiger partial charge in [0.1, 0.15) is 16.2 Å². The molecule has 4 rings (SSSR count). The van der Waals surface area contributed by atoms with Crippen LogP contribution < -0.4 is 9.47 Å². The normalized spacial score (nSPS) is 11.1. The second-order valence-corrected chi connectivity index (χ2v) is 9.22. The van der Waals surface area contributed by atoms with Crippen molar-refractivity contribution in [3.05, 3.63) is 58.1 Å². The average molecular weight is 438 g/mol. The summed E-state index contributed by atoms with van der Waals surface area (Å²) in [5.74, 6) is 2.19. The zero-order valence-electron chi connectivity index (χ0n) is 17.6. The van der Waals surface area contributed by atoms with Crippen LogP contribution in [0.1, 0.15) is 21.7 Å². The molecule has 0 amide bonds. The van der Waals surface area contributed by atoms with Crippen molar-refractivity contribution in [1.29, 1.82) is 0 Å². The Bertz CT molecular complexity index is 1220. The number of hydrogen-bond acceptors (Lipinski definition) is 7. The van der Waals surface area contributed by atoms with Gasteiger partial charge in [-0.15, -0.1) is 21.5 Å². The lowest BCUT2D eigenvalue weighted by molar-refractivity contribution is 0.355. The van der Waals surface area contributed by atoms with Gasteiger partial charge in [-0.05, 0) is 50.1 Å². The zero-order valence-corrected chi connectivity index (χ0v) is 19.3. The Morgan fingerprint density at radius 3 is 2.50 bits per heavy atom. The summed E-state index contributed by atoms with van der Waals surface area (Å²) in [6.07, 6.45) is 0. The van der Waals surface area contributed by atoms with E-state index < -0.39 is 0 Å². The molecule has 2 aromatic carbocycles. The summed E-state index contributed by atoms with van der Waals surface area (Å²) in [5, 5.41) is 11.0. The molecule has 0 radical (unpaired) electrons. The van der Waals surface area contributed by atoms with E-state index in [1.54, 1.807) is 37.3 Å². The van der Waals surface area contributed by atoms with Crippen LogP contribution in [0.4, 0.5) is 0 Å². The number of aryl methyl sites for hydroxylation is 3. The van der Waals surface area contributed by atoms with Crippen LogP contribution >= 0.6 is 23.1 Å². The smallest absolute Gasteiger partial charge is 0.161 e. The summed E-state index contributed by atoms with van der Waals surface area (Å²) in [4.78, 5) is 4.77. The Hall–Kier alpha value is -2.64. The second-order valence-electron chi connectivity index (χ2n) is 7.05. The first-order valence-electron chi connectivity index (χ1n) is 9.55. The zero-order chi connectivity index (χ0) is 21.3. The number of ether oxygens (including phenoxy) is 2. The fourth-order valence-electron chi connectivity index (χ4n) is 3.29. The SMILES string of the molecule is COc1ccc(-c2nnc(SCc3cc(C)ccc3C)c3nc(C)sc23)cc1OC. The van der Waals surface area contributed by atoms with Crippen LogP contribution in [0.15, 0.2) is 41.4 Å². The summed E-state index contributed by atoms with van der Waals surface area (Å²) in [7, 11) is 3.26. The maximum Gasteiger partial charge on any atom is 0.161 e. The Labute approximate surface area is 184 Å². The number of fused-ring (bicyclic) bond motifs is 1. The van der Waals surface area contributed by atoms with E-state index in [9.17, 15) is 0 Å². The minimum Gasteiger partial charge on any atom is -0.493 e. The lowest BCUT2D eigenvalue weighted by atomic mass is 10.1. The van der Waals surface area contributed by atoms with E-state index in [0.29, 0.717) is 11.5 Å². The van der Waals surface area contributed by atoms with E-state index in [0.717, 1.165) is 37.3 Å². The van der Waals surface area contributed by atoms with Crippen molar-refractivity contribution in [3.63, 3.8) is 0 Å². The van der Waals surface area contributed by atoms with Crippen LogP contribution in [0, 0.1) is 20.8 Å². The molecule has 0 saturated carbocycles. The molecule has 0 N–H and O–H groups in total. The molecule has 0 aliphatic rings. The van der Waals surface area contributed by atoms with Crippen molar-refractivity contribution >= 4 is 33.3 Å². The van der Waals surface area contributed by atoms with Gasteiger partial charge >= 0.3 is 0 Å². The van der Waals surface area contributed by atoms with E-state index in [2.05, 4.69) is 42.2 Å². The molecule has 0 spiro atoms. The summed E-state index contributed by atoms with van der Waals surface area (Å²) < 4.78 is 11.9. The maximum absolute atomic E-state index is 5.46. The van der Waals surface area contributed by atoms with Crippen LogP contribution in [0.2, 0.25) is 0 Å². The van der Waals surface area contributed by atoms with Gasteiger partial charge in [0.15, 0.2) is 11.5 Å². The molecule has 5 nitrogen and oxygen atoms in total. The lowest BCUT2D eigenvalue weighted by Crippen LogP contribution is -1.95. The van der Waals surface area contributed by atoms with Crippen LogP contribution in [0.25, 0.3) is 21.5 Å². The first-order valence-corrected chi connectivity index (χ1v) is 11.4. The molecule has 0 fully saturated rings. The van der Waals surface area contributed by atoms with Crippen LogP contribution in [0.3, 0.4) is 0 Å². The minimum atomic E-state index is 0.666. The highest BCUT2D eigenvalue weighted by Gasteiger charge is 2.17. The number of hydrogen-bond donors (Lipinski definition) is 0. The van der Waals surface area contributed by atoms with Crippen molar-refractivity contribution in [2.24, 2.45) is 0 Å². The van der Waals surface area contributed by atoms with Crippen molar-refractivity contribution < 1.29 is 9.47 Å². The van der Waals surface area contributed by atoms with Crippen LogP contribution in [-0.4, -0.2) is 29.4 Å². The molecule has 30 heavy (non-hydrogen) atoms. The fraction of sp³-hybridized carbons (Fsp3) is 0.261. The van der Waals surface area contributed by atoms with Gasteiger partial charge in [0.05, 0.1) is 23.9 Å². The number of benzene rings is 2. The Balaban J connectivity index is 1.72.